The quantitative estimate of drug-likeness (QED) is 0.395. The second kappa shape index (κ2) is 10.9. The van der Waals surface area contributed by atoms with Gasteiger partial charge in [0.25, 0.3) is 0 Å². The predicted octanol–water partition coefficient (Wildman–Crippen LogP) is 3.38. The normalized spacial score (nSPS) is 10.8. The number of anilines is 1. The van der Waals surface area contributed by atoms with Crippen LogP contribution in [-0.4, -0.2) is 33.1 Å². The third-order valence-electron chi connectivity index (χ3n) is 3.61. The van der Waals surface area contributed by atoms with Gasteiger partial charge in [0.05, 0.1) is 0 Å². The van der Waals surface area contributed by atoms with E-state index >= 15 is 0 Å². The molecule has 2 N–H and O–H groups in total. The Labute approximate surface area is 164 Å². The van der Waals surface area contributed by atoms with Gasteiger partial charge in [0.1, 0.15) is 11.6 Å². The van der Waals surface area contributed by atoms with Gasteiger partial charge < -0.3 is 15.5 Å². The molecule has 0 aliphatic heterocycles. The lowest BCUT2D eigenvalue weighted by atomic mass is 10.2. The molecule has 0 aromatic heterocycles. The number of aliphatic imine (C=N–C) groups is 1. The zero-order chi connectivity index (χ0) is 17.4. The molecule has 25 heavy (non-hydrogen) atoms. The van der Waals surface area contributed by atoms with E-state index in [1.54, 1.807) is 7.05 Å². The summed E-state index contributed by atoms with van der Waals surface area (Å²) < 4.78 is 26.8. The van der Waals surface area contributed by atoms with Gasteiger partial charge in [-0.15, -0.1) is 24.0 Å². The van der Waals surface area contributed by atoms with E-state index in [4.69, 9.17) is 0 Å². The Kier molecular flexibility index (Phi) is 9.18. The van der Waals surface area contributed by atoms with Gasteiger partial charge >= 0.3 is 0 Å². The van der Waals surface area contributed by atoms with Gasteiger partial charge in [-0.25, -0.2) is 8.78 Å². The zero-order valence-electron chi connectivity index (χ0n) is 14.3. The van der Waals surface area contributed by atoms with Gasteiger partial charge in [-0.2, -0.15) is 0 Å². The van der Waals surface area contributed by atoms with Crippen LogP contribution in [0.4, 0.5) is 14.5 Å². The number of likely N-dealkylation sites (N-methyl/N-ethyl adjacent to an activating group) is 1. The number of hydrogen-bond donors (Lipinski definition) is 2. The summed E-state index contributed by atoms with van der Waals surface area (Å²) in [5.41, 5.74) is 1.39. The summed E-state index contributed by atoms with van der Waals surface area (Å²) >= 11 is 0. The first kappa shape index (κ1) is 21.1. The third kappa shape index (κ3) is 6.85. The lowest BCUT2D eigenvalue weighted by molar-refractivity contribution is 0.581. The molecule has 0 unspecified atom stereocenters. The number of nitrogens with one attached hydrogen (secondary N) is 2. The largest absolute Gasteiger partial charge is 0.373 e. The Morgan fingerprint density at radius 1 is 1.08 bits per heavy atom. The summed E-state index contributed by atoms with van der Waals surface area (Å²) in [6.45, 7) is 1.60. The molecule has 0 saturated heterocycles. The number of guanidine groups is 1. The van der Waals surface area contributed by atoms with E-state index in [9.17, 15) is 8.78 Å². The molecular formula is C18H23F2IN4. The minimum absolute atomic E-state index is 0. The maximum Gasteiger partial charge on any atom is 0.191 e. The van der Waals surface area contributed by atoms with Gasteiger partial charge in [0.15, 0.2) is 5.96 Å². The Bertz CT molecular complexity index is 680. The smallest absolute Gasteiger partial charge is 0.191 e. The molecule has 4 nitrogen and oxygen atoms in total. The van der Waals surface area contributed by atoms with Crippen molar-refractivity contribution in [3.05, 3.63) is 65.7 Å². The van der Waals surface area contributed by atoms with E-state index in [-0.39, 0.29) is 36.1 Å². The van der Waals surface area contributed by atoms with Crippen LogP contribution in [0.2, 0.25) is 0 Å². The highest BCUT2D eigenvalue weighted by Gasteiger charge is 2.05. The molecule has 0 spiro atoms. The molecule has 0 fully saturated rings. The molecule has 136 valence electrons. The minimum Gasteiger partial charge on any atom is -0.373 e. The molecule has 0 amide bonds. The van der Waals surface area contributed by atoms with Crippen molar-refractivity contribution in [1.82, 2.24) is 10.6 Å². The molecule has 0 heterocycles. The fourth-order valence-electron chi connectivity index (χ4n) is 2.23. The molecule has 0 saturated carbocycles. The molecule has 0 bridgehead atoms. The van der Waals surface area contributed by atoms with Crippen LogP contribution in [-0.2, 0) is 6.54 Å². The monoisotopic (exact) mass is 460 g/mol. The average Bonchev–Trinajstić information content (AvgIpc) is 2.61. The molecule has 2 aromatic carbocycles. The lowest BCUT2D eigenvalue weighted by Gasteiger charge is -2.20. The van der Waals surface area contributed by atoms with Crippen molar-refractivity contribution in [1.29, 1.82) is 0 Å². The highest BCUT2D eigenvalue weighted by molar-refractivity contribution is 14.0. The summed E-state index contributed by atoms with van der Waals surface area (Å²) in [7, 11) is 3.65. The van der Waals surface area contributed by atoms with Crippen molar-refractivity contribution in [3.8, 4) is 0 Å². The van der Waals surface area contributed by atoms with E-state index in [0.717, 1.165) is 24.4 Å². The Morgan fingerprint density at radius 3 is 2.48 bits per heavy atom. The van der Waals surface area contributed by atoms with Crippen LogP contribution < -0.4 is 15.5 Å². The van der Waals surface area contributed by atoms with Crippen molar-refractivity contribution in [2.45, 2.75) is 6.54 Å². The third-order valence-corrected chi connectivity index (χ3v) is 3.61. The first-order valence-corrected chi connectivity index (χ1v) is 7.75. The first-order valence-electron chi connectivity index (χ1n) is 7.75. The number of hydrogen-bond acceptors (Lipinski definition) is 2. The summed E-state index contributed by atoms with van der Waals surface area (Å²) in [6.07, 6.45) is 0. The topological polar surface area (TPSA) is 39.7 Å². The molecular weight excluding hydrogens is 437 g/mol. The summed E-state index contributed by atoms with van der Waals surface area (Å²) in [5.74, 6) is -0.357. The van der Waals surface area contributed by atoms with E-state index in [0.29, 0.717) is 12.5 Å². The molecule has 2 aromatic rings. The number of rotatable bonds is 6. The standard InChI is InChI=1S/C18H22F2N4.HI/c1-21-18(23-13-14-12-15(19)8-9-17(14)20)22-10-11-24(2)16-6-4-3-5-7-16;/h3-9,12H,10-11,13H2,1-2H3,(H2,21,22,23);1H. The van der Waals surface area contributed by atoms with Crippen LogP contribution in [0, 0.1) is 11.6 Å². The van der Waals surface area contributed by atoms with Crippen molar-refractivity contribution < 1.29 is 8.78 Å². The molecule has 0 aliphatic carbocycles. The SMILES string of the molecule is CN=C(NCCN(C)c1ccccc1)NCc1cc(F)ccc1F.I. The van der Waals surface area contributed by atoms with Gasteiger partial charge in [0, 0.05) is 45.0 Å². The van der Waals surface area contributed by atoms with E-state index in [1.165, 1.54) is 6.07 Å². The van der Waals surface area contributed by atoms with Crippen molar-refractivity contribution in [3.63, 3.8) is 0 Å². The first-order chi connectivity index (χ1) is 11.6. The highest BCUT2D eigenvalue weighted by Crippen LogP contribution is 2.10. The molecule has 0 radical (unpaired) electrons. The van der Waals surface area contributed by atoms with Crippen molar-refractivity contribution in [2.75, 3.05) is 32.1 Å². The van der Waals surface area contributed by atoms with E-state index in [1.807, 2.05) is 37.4 Å². The van der Waals surface area contributed by atoms with Crippen LogP contribution in [0.5, 0.6) is 0 Å². The molecule has 0 aliphatic rings. The lowest BCUT2D eigenvalue weighted by Crippen LogP contribution is -2.40. The van der Waals surface area contributed by atoms with Crippen LogP contribution in [0.1, 0.15) is 5.56 Å². The van der Waals surface area contributed by atoms with Crippen LogP contribution in [0.15, 0.2) is 53.5 Å². The second-order valence-corrected chi connectivity index (χ2v) is 5.35. The van der Waals surface area contributed by atoms with Crippen LogP contribution in [0.25, 0.3) is 0 Å². The fraction of sp³-hybridized carbons (Fsp3) is 0.278. The van der Waals surface area contributed by atoms with E-state index < -0.39 is 11.6 Å². The Hall–Kier alpha value is -1.90. The maximum absolute atomic E-state index is 13.6. The van der Waals surface area contributed by atoms with Gasteiger partial charge in [-0.3, -0.25) is 4.99 Å². The number of halogens is 3. The minimum atomic E-state index is -0.458. The number of nitrogens with zero attached hydrogens (tertiary/aromatic N) is 2. The highest BCUT2D eigenvalue weighted by atomic mass is 127. The second-order valence-electron chi connectivity index (χ2n) is 5.35. The number of para-hydroxylation sites is 1. The average molecular weight is 460 g/mol. The van der Waals surface area contributed by atoms with Gasteiger partial charge in [-0.1, -0.05) is 18.2 Å². The summed E-state index contributed by atoms with van der Waals surface area (Å²) in [4.78, 5) is 6.20. The zero-order valence-corrected chi connectivity index (χ0v) is 16.6. The maximum atomic E-state index is 13.6. The van der Waals surface area contributed by atoms with Crippen molar-refractivity contribution in [2.24, 2.45) is 4.99 Å². The summed E-state index contributed by atoms with van der Waals surface area (Å²) in [6, 6.07) is 13.5. The summed E-state index contributed by atoms with van der Waals surface area (Å²) in [5, 5.41) is 6.14. The van der Waals surface area contributed by atoms with Crippen molar-refractivity contribution >= 4 is 35.6 Å². The van der Waals surface area contributed by atoms with Crippen LogP contribution in [0.3, 0.4) is 0 Å². The fourth-order valence-corrected chi connectivity index (χ4v) is 2.23. The molecule has 2 rings (SSSR count). The van der Waals surface area contributed by atoms with Gasteiger partial charge in [-0.05, 0) is 30.3 Å². The number of benzene rings is 2. The Morgan fingerprint density at radius 2 is 1.80 bits per heavy atom. The van der Waals surface area contributed by atoms with Gasteiger partial charge in [0.2, 0.25) is 0 Å². The molecule has 0 atom stereocenters. The predicted molar refractivity (Wildman–Crippen MR) is 110 cm³/mol. The Balaban J connectivity index is 0.00000312. The van der Waals surface area contributed by atoms with Crippen LogP contribution >= 0.6 is 24.0 Å². The van der Waals surface area contributed by atoms with E-state index in [2.05, 4.69) is 20.5 Å². The molecule has 7 heteroatoms.